The number of hydrogen-bond acceptors (Lipinski definition) is 4. The Kier molecular flexibility index (Phi) is 4.85. The standard InChI is InChI=1S/C14H18FN3O3/c1-10(17-6-2-3-7-17)9-16-14(19)12-8-11(18(20)21)4-5-13(12)15/h4-5,8,10H,2-3,6-7,9H2,1H3,(H,16,19). The van der Waals surface area contributed by atoms with Crippen LogP contribution < -0.4 is 5.32 Å². The Labute approximate surface area is 122 Å². The molecule has 1 aliphatic heterocycles. The number of rotatable bonds is 5. The highest BCUT2D eigenvalue weighted by atomic mass is 19.1. The lowest BCUT2D eigenvalue weighted by atomic mass is 10.1. The highest BCUT2D eigenvalue weighted by Crippen LogP contribution is 2.17. The van der Waals surface area contributed by atoms with Crippen LogP contribution in [-0.4, -0.2) is 41.4 Å². The van der Waals surface area contributed by atoms with Crippen molar-refractivity contribution in [2.24, 2.45) is 0 Å². The van der Waals surface area contributed by atoms with Gasteiger partial charge in [-0.05, 0) is 38.9 Å². The first-order valence-electron chi connectivity index (χ1n) is 6.95. The van der Waals surface area contributed by atoms with Gasteiger partial charge < -0.3 is 5.32 Å². The molecule has 0 spiro atoms. The van der Waals surface area contributed by atoms with Gasteiger partial charge in [0.1, 0.15) is 5.82 Å². The number of nitrogens with zero attached hydrogens (tertiary/aromatic N) is 2. The van der Waals surface area contributed by atoms with Gasteiger partial charge in [-0.1, -0.05) is 0 Å². The van der Waals surface area contributed by atoms with E-state index in [-0.39, 0.29) is 17.3 Å². The molecule has 0 radical (unpaired) electrons. The first-order valence-corrected chi connectivity index (χ1v) is 6.95. The molecule has 0 saturated carbocycles. The van der Waals surface area contributed by atoms with Crippen LogP contribution in [0.15, 0.2) is 18.2 Å². The van der Waals surface area contributed by atoms with E-state index in [9.17, 15) is 19.3 Å². The molecular formula is C14H18FN3O3. The number of nitrogens with one attached hydrogen (secondary N) is 1. The molecule has 1 aliphatic rings. The second kappa shape index (κ2) is 6.62. The van der Waals surface area contributed by atoms with Crippen molar-refractivity contribution in [3.8, 4) is 0 Å². The first kappa shape index (κ1) is 15.4. The molecule has 1 N–H and O–H groups in total. The number of nitro groups is 1. The Morgan fingerprint density at radius 2 is 2.14 bits per heavy atom. The molecular weight excluding hydrogens is 277 g/mol. The second-order valence-corrected chi connectivity index (χ2v) is 5.22. The fourth-order valence-electron chi connectivity index (χ4n) is 2.45. The Bertz CT molecular complexity index is 544. The van der Waals surface area contributed by atoms with Gasteiger partial charge in [0.15, 0.2) is 0 Å². The zero-order chi connectivity index (χ0) is 15.4. The van der Waals surface area contributed by atoms with E-state index in [4.69, 9.17) is 0 Å². The molecule has 21 heavy (non-hydrogen) atoms. The van der Waals surface area contributed by atoms with Crippen molar-refractivity contribution in [2.75, 3.05) is 19.6 Å². The maximum atomic E-state index is 13.6. The summed E-state index contributed by atoms with van der Waals surface area (Å²) in [5.41, 5.74) is -0.591. The van der Waals surface area contributed by atoms with E-state index >= 15 is 0 Å². The Balaban J connectivity index is 1.99. The molecule has 1 amide bonds. The number of carbonyl (C=O) groups is 1. The summed E-state index contributed by atoms with van der Waals surface area (Å²) >= 11 is 0. The third kappa shape index (κ3) is 3.75. The number of benzene rings is 1. The van der Waals surface area contributed by atoms with Crippen molar-refractivity contribution in [3.63, 3.8) is 0 Å². The molecule has 0 aromatic heterocycles. The largest absolute Gasteiger partial charge is 0.350 e. The Morgan fingerprint density at radius 1 is 1.48 bits per heavy atom. The fraction of sp³-hybridized carbons (Fsp3) is 0.500. The van der Waals surface area contributed by atoms with Crippen LogP contribution in [0.25, 0.3) is 0 Å². The normalized spacial score (nSPS) is 16.7. The summed E-state index contributed by atoms with van der Waals surface area (Å²) in [6.07, 6.45) is 2.30. The van der Waals surface area contributed by atoms with Crippen LogP contribution in [0.3, 0.4) is 0 Å². The number of halogens is 1. The van der Waals surface area contributed by atoms with Gasteiger partial charge in [0.2, 0.25) is 0 Å². The number of carbonyl (C=O) groups excluding carboxylic acids is 1. The predicted octanol–water partition coefficient (Wildman–Crippen LogP) is 1.95. The topological polar surface area (TPSA) is 75.5 Å². The van der Waals surface area contributed by atoms with Crippen molar-refractivity contribution < 1.29 is 14.1 Å². The Hall–Kier alpha value is -2.02. The molecule has 1 heterocycles. The summed E-state index contributed by atoms with van der Waals surface area (Å²) < 4.78 is 13.6. The van der Waals surface area contributed by atoms with Crippen LogP contribution in [0.4, 0.5) is 10.1 Å². The van der Waals surface area contributed by atoms with E-state index in [1.807, 2.05) is 6.92 Å². The van der Waals surface area contributed by atoms with Crippen molar-refractivity contribution in [3.05, 3.63) is 39.7 Å². The zero-order valence-corrected chi connectivity index (χ0v) is 11.8. The SMILES string of the molecule is CC(CNC(=O)c1cc([N+](=O)[O-])ccc1F)N1CCCC1. The second-order valence-electron chi connectivity index (χ2n) is 5.22. The lowest BCUT2D eigenvalue weighted by Gasteiger charge is -2.23. The van der Waals surface area contributed by atoms with Gasteiger partial charge in [0.05, 0.1) is 10.5 Å². The third-order valence-corrected chi connectivity index (χ3v) is 3.73. The summed E-state index contributed by atoms with van der Waals surface area (Å²) in [6, 6.07) is 3.11. The van der Waals surface area contributed by atoms with Crippen LogP contribution in [-0.2, 0) is 0 Å². The summed E-state index contributed by atoms with van der Waals surface area (Å²) in [5.74, 6) is -1.38. The first-order chi connectivity index (χ1) is 9.99. The van der Waals surface area contributed by atoms with E-state index in [0.717, 1.165) is 44.1 Å². The summed E-state index contributed by atoms with van der Waals surface area (Å²) in [6.45, 7) is 4.39. The summed E-state index contributed by atoms with van der Waals surface area (Å²) in [5, 5.41) is 13.3. The number of likely N-dealkylation sites (tertiary alicyclic amines) is 1. The average Bonchev–Trinajstić information content (AvgIpc) is 2.98. The molecule has 2 rings (SSSR count). The van der Waals surface area contributed by atoms with E-state index in [2.05, 4.69) is 10.2 Å². The molecule has 1 aromatic carbocycles. The van der Waals surface area contributed by atoms with Gasteiger partial charge in [0, 0.05) is 24.7 Å². The molecule has 6 nitrogen and oxygen atoms in total. The Morgan fingerprint density at radius 3 is 2.76 bits per heavy atom. The number of nitro benzene ring substituents is 1. The molecule has 1 saturated heterocycles. The average molecular weight is 295 g/mol. The summed E-state index contributed by atoms with van der Waals surface area (Å²) in [4.78, 5) is 24.2. The summed E-state index contributed by atoms with van der Waals surface area (Å²) in [7, 11) is 0. The van der Waals surface area contributed by atoms with Crippen LogP contribution in [0.2, 0.25) is 0 Å². The maximum Gasteiger partial charge on any atom is 0.270 e. The lowest BCUT2D eigenvalue weighted by Crippen LogP contribution is -2.40. The van der Waals surface area contributed by atoms with Gasteiger partial charge in [-0.2, -0.15) is 0 Å². The van der Waals surface area contributed by atoms with Crippen LogP contribution in [0.1, 0.15) is 30.1 Å². The van der Waals surface area contributed by atoms with E-state index < -0.39 is 16.6 Å². The van der Waals surface area contributed by atoms with Crippen molar-refractivity contribution in [1.29, 1.82) is 0 Å². The van der Waals surface area contributed by atoms with E-state index in [1.165, 1.54) is 0 Å². The quantitative estimate of drug-likeness (QED) is 0.665. The van der Waals surface area contributed by atoms with E-state index in [0.29, 0.717) is 6.54 Å². The molecule has 1 aromatic rings. The minimum atomic E-state index is -0.757. The molecule has 7 heteroatoms. The predicted molar refractivity (Wildman–Crippen MR) is 75.7 cm³/mol. The number of amides is 1. The minimum absolute atomic E-state index is 0.165. The highest BCUT2D eigenvalue weighted by Gasteiger charge is 2.20. The van der Waals surface area contributed by atoms with Crippen LogP contribution >= 0.6 is 0 Å². The van der Waals surface area contributed by atoms with Gasteiger partial charge in [-0.15, -0.1) is 0 Å². The molecule has 1 fully saturated rings. The van der Waals surface area contributed by atoms with Gasteiger partial charge >= 0.3 is 0 Å². The molecule has 0 aliphatic carbocycles. The van der Waals surface area contributed by atoms with Crippen molar-refractivity contribution in [1.82, 2.24) is 10.2 Å². The molecule has 114 valence electrons. The van der Waals surface area contributed by atoms with E-state index in [1.54, 1.807) is 0 Å². The zero-order valence-electron chi connectivity index (χ0n) is 11.8. The smallest absolute Gasteiger partial charge is 0.270 e. The monoisotopic (exact) mass is 295 g/mol. The highest BCUT2D eigenvalue weighted by molar-refractivity contribution is 5.95. The van der Waals surface area contributed by atoms with Gasteiger partial charge in [0.25, 0.3) is 11.6 Å². The molecule has 1 unspecified atom stereocenters. The minimum Gasteiger partial charge on any atom is -0.350 e. The van der Waals surface area contributed by atoms with Crippen LogP contribution in [0.5, 0.6) is 0 Å². The van der Waals surface area contributed by atoms with Gasteiger partial charge in [-0.3, -0.25) is 19.8 Å². The van der Waals surface area contributed by atoms with Gasteiger partial charge in [-0.25, -0.2) is 4.39 Å². The number of non-ortho nitro benzene ring substituents is 1. The molecule has 1 atom stereocenters. The van der Waals surface area contributed by atoms with Crippen molar-refractivity contribution in [2.45, 2.75) is 25.8 Å². The third-order valence-electron chi connectivity index (χ3n) is 3.73. The lowest BCUT2D eigenvalue weighted by molar-refractivity contribution is -0.384. The van der Waals surface area contributed by atoms with Crippen molar-refractivity contribution >= 4 is 11.6 Å². The number of hydrogen-bond donors (Lipinski definition) is 1. The fourth-order valence-corrected chi connectivity index (χ4v) is 2.45. The maximum absolute atomic E-state index is 13.6. The molecule has 0 bridgehead atoms. The van der Waals surface area contributed by atoms with Crippen LogP contribution in [0, 0.1) is 15.9 Å².